The van der Waals surface area contributed by atoms with Gasteiger partial charge >= 0.3 is 0 Å². The summed E-state index contributed by atoms with van der Waals surface area (Å²) < 4.78 is 5.20. The van der Waals surface area contributed by atoms with Gasteiger partial charge in [0.1, 0.15) is 5.75 Å². The molecule has 0 radical (unpaired) electrons. The normalized spacial score (nSPS) is 12.3. The fourth-order valence-corrected chi connectivity index (χ4v) is 3.94. The van der Waals surface area contributed by atoms with Gasteiger partial charge < -0.3 is 15.4 Å². The highest BCUT2D eigenvalue weighted by molar-refractivity contribution is 6.07. The van der Waals surface area contributed by atoms with E-state index in [1.54, 1.807) is 7.11 Å². The number of rotatable bonds is 9. The van der Waals surface area contributed by atoms with Gasteiger partial charge in [-0.2, -0.15) is 5.10 Å². The summed E-state index contributed by atoms with van der Waals surface area (Å²) in [5.74, 6) is 0.806. The number of aromatic nitrogens is 3. The zero-order valence-corrected chi connectivity index (χ0v) is 18.6. The van der Waals surface area contributed by atoms with Crippen LogP contribution in [0.25, 0.3) is 27.9 Å². The summed E-state index contributed by atoms with van der Waals surface area (Å²) in [4.78, 5) is 9.09. The van der Waals surface area contributed by atoms with Crippen molar-refractivity contribution in [2.75, 3.05) is 12.4 Å². The van der Waals surface area contributed by atoms with Crippen molar-refractivity contribution in [1.29, 1.82) is 0 Å². The Morgan fingerprint density at radius 3 is 2.75 bits per heavy atom. The van der Waals surface area contributed by atoms with Gasteiger partial charge in [0.2, 0.25) is 0 Å². The van der Waals surface area contributed by atoms with E-state index >= 15 is 0 Å². The predicted octanol–water partition coefficient (Wildman–Crippen LogP) is 5.04. The third-order valence-electron chi connectivity index (χ3n) is 5.55. The van der Waals surface area contributed by atoms with E-state index in [0.717, 1.165) is 51.8 Å². The van der Waals surface area contributed by atoms with E-state index < -0.39 is 0 Å². The van der Waals surface area contributed by atoms with Crippen LogP contribution in [-0.4, -0.2) is 35.3 Å². The van der Waals surface area contributed by atoms with Crippen LogP contribution < -0.4 is 15.4 Å². The number of H-pyrrole nitrogens is 1. The molecule has 1 unspecified atom stereocenters. The van der Waals surface area contributed by atoms with Crippen LogP contribution in [0, 0.1) is 6.92 Å². The monoisotopic (exact) mass is 428 g/mol. The Kier molecular flexibility index (Phi) is 6.35. The topological polar surface area (TPSA) is 87.2 Å². The average Bonchev–Trinajstić information content (AvgIpc) is 3.30. The smallest absolute Gasteiger partial charge is 0.193 e. The van der Waals surface area contributed by atoms with Crippen molar-refractivity contribution in [3.63, 3.8) is 0 Å². The number of nitrogens with zero attached hydrogens (tertiary/aromatic N) is 3. The molecule has 7 heteroatoms. The maximum absolute atomic E-state index is 5.20. The van der Waals surface area contributed by atoms with Crippen molar-refractivity contribution in [3.05, 3.63) is 65.6 Å². The number of anilines is 1. The summed E-state index contributed by atoms with van der Waals surface area (Å²) in [6.07, 6.45) is 7.38. The molecule has 2 aromatic heterocycles. The third kappa shape index (κ3) is 4.27. The molecule has 0 fully saturated rings. The largest absolute Gasteiger partial charge is 0.497 e. The van der Waals surface area contributed by atoms with Crippen LogP contribution in [0.4, 0.5) is 5.69 Å². The molecular formula is C25H28N6O. The molecule has 3 N–H and O–H groups in total. The van der Waals surface area contributed by atoms with Gasteiger partial charge in [0.15, 0.2) is 6.29 Å². The van der Waals surface area contributed by atoms with E-state index in [9.17, 15) is 0 Å². The van der Waals surface area contributed by atoms with E-state index in [2.05, 4.69) is 46.4 Å². The van der Waals surface area contributed by atoms with E-state index in [1.165, 1.54) is 11.1 Å². The number of aromatic amines is 1. The minimum atomic E-state index is -0.374. The molecule has 2 aromatic carbocycles. The molecule has 0 amide bonds. The highest BCUT2D eigenvalue weighted by Crippen LogP contribution is 2.30. The van der Waals surface area contributed by atoms with Crippen molar-refractivity contribution < 1.29 is 4.74 Å². The lowest BCUT2D eigenvalue weighted by Gasteiger charge is -2.16. The maximum atomic E-state index is 5.20. The standard InChI is InChI=1S/C25H28N6O/c1-5-6-19-16(2)24-20-15-28-31-22(20)11-12-23(24)30-21(19)13-14-27-25(26-3)29-17-7-9-18(32-4)10-8-17/h7-15,25,27,29H,3,5-6H2,1-2,4H3,(H,28,31)/b14-13+. The fraction of sp³-hybridized carbons (Fsp3) is 0.240. The van der Waals surface area contributed by atoms with Crippen molar-refractivity contribution in [1.82, 2.24) is 20.5 Å². The van der Waals surface area contributed by atoms with Crippen LogP contribution in [0.2, 0.25) is 0 Å². The molecule has 1 atom stereocenters. The first-order chi connectivity index (χ1) is 15.6. The Morgan fingerprint density at radius 1 is 1.22 bits per heavy atom. The third-order valence-corrected chi connectivity index (χ3v) is 5.55. The van der Waals surface area contributed by atoms with Crippen LogP contribution in [0.5, 0.6) is 5.75 Å². The predicted molar refractivity (Wildman–Crippen MR) is 132 cm³/mol. The van der Waals surface area contributed by atoms with Crippen LogP contribution in [0.3, 0.4) is 0 Å². The van der Waals surface area contributed by atoms with Gasteiger partial charge in [-0.3, -0.25) is 10.1 Å². The zero-order chi connectivity index (χ0) is 22.5. The summed E-state index contributed by atoms with van der Waals surface area (Å²) in [6.45, 7) is 8.04. The van der Waals surface area contributed by atoms with Crippen LogP contribution in [-0.2, 0) is 6.42 Å². The van der Waals surface area contributed by atoms with Crippen molar-refractivity contribution in [2.45, 2.75) is 33.0 Å². The molecule has 0 saturated carbocycles. The van der Waals surface area contributed by atoms with Crippen LogP contribution >= 0.6 is 0 Å². The number of benzene rings is 2. The second-order valence-corrected chi connectivity index (χ2v) is 7.60. The summed E-state index contributed by atoms with van der Waals surface area (Å²) in [7, 11) is 1.65. The van der Waals surface area contributed by atoms with E-state index in [0.29, 0.717) is 0 Å². The molecule has 32 heavy (non-hydrogen) atoms. The van der Waals surface area contributed by atoms with Gasteiger partial charge in [0, 0.05) is 22.7 Å². The van der Waals surface area contributed by atoms with Crippen molar-refractivity contribution in [3.8, 4) is 5.75 Å². The molecule has 0 saturated heterocycles. The molecule has 0 aliphatic heterocycles. The van der Waals surface area contributed by atoms with Gasteiger partial charge in [-0.15, -0.1) is 0 Å². The van der Waals surface area contributed by atoms with Crippen molar-refractivity contribution in [2.24, 2.45) is 4.99 Å². The number of pyridine rings is 1. The molecule has 2 heterocycles. The summed E-state index contributed by atoms with van der Waals surface area (Å²) in [6, 6.07) is 11.7. The zero-order valence-electron chi connectivity index (χ0n) is 18.6. The molecule has 0 aliphatic carbocycles. The Morgan fingerprint density at radius 2 is 2.03 bits per heavy atom. The molecular weight excluding hydrogens is 400 g/mol. The lowest BCUT2D eigenvalue weighted by atomic mass is 9.96. The number of hydrogen-bond donors (Lipinski definition) is 3. The highest BCUT2D eigenvalue weighted by Gasteiger charge is 2.13. The van der Waals surface area contributed by atoms with Crippen LogP contribution in [0.15, 0.2) is 53.8 Å². The molecule has 0 aliphatic rings. The molecule has 0 spiro atoms. The first kappa shape index (κ1) is 21.4. The number of aliphatic imine (C=N–C) groups is 1. The second kappa shape index (κ2) is 9.51. The maximum Gasteiger partial charge on any atom is 0.193 e. The van der Waals surface area contributed by atoms with Gasteiger partial charge in [0.25, 0.3) is 0 Å². The molecule has 4 aromatic rings. The lowest BCUT2D eigenvalue weighted by molar-refractivity contribution is 0.415. The van der Waals surface area contributed by atoms with Crippen LogP contribution in [0.1, 0.15) is 30.2 Å². The number of hydrogen-bond acceptors (Lipinski definition) is 6. The minimum absolute atomic E-state index is 0.374. The quantitative estimate of drug-likeness (QED) is 0.257. The minimum Gasteiger partial charge on any atom is -0.497 e. The molecule has 7 nitrogen and oxygen atoms in total. The Labute approximate surface area is 187 Å². The fourth-order valence-electron chi connectivity index (χ4n) is 3.94. The SMILES string of the molecule is C=NC(N/C=C/c1nc2ccc3[nH]ncc3c2c(C)c1CCC)Nc1ccc(OC)cc1. The number of methoxy groups -OCH3 is 1. The molecule has 164 valence electrons. The second-order valence-electron chi connectivity index (χ2n) is 7.60. The first-order valence-corrected chi connectivity index (χ1v) is 10.7. The summed E-state index contributed by atoms with van der Waals surface area (Å²) in [5.41, 5.74) is 6.36. The first-order valence-electron chi connectivity index (χ1n) is 10.7. The number of aryl methyl sites for hydroxylation is 1. The Balaban J connectivity index is 1.59. The molecule has 4 rings (SSSR count). The lowest BCUT2D eigenvalue weighted by Crippen LogP contribution is -2.30. The van der Waals surface area contributed by atoms with Gasteiger partial charge in [-0.25, -0.2) is 4.98 Å². The average molecular weight is 429 g/mol. The summed E-state index contributed by atoms with van der Waals surface area (Å²) in [5, 5.41) is 16.1. The number of nitrogens with one attached hydrogen (secondary N) is 3. The van der Waals surface area contributed by atoms with Crippen molar-refractivity contribution >= 4 is 40.3 Å². The van der Waals surface area contributed by atoms with Gasteiger partial charge in [-0.1, -0.05) is 13.3 Å². The number of fused-ring (bicyclic) bond motifs is 3. The Hall–Kier alpha value is -3.87. The van der Waals surface area contributed by atoms with E-state index in [-0.39, 0.29) is 6.29 Å². The summed E-state index contributed by atoms with van der Waals surface area (Å²) >= 11 is 0. The van der Waals surface area contributed by atoms with E-state index in [4.69, 9.17) is 9.72 Å². The van der Waals surface area contributed by atoms with Gasteiger partial charge in [0.05, 0.1) is 30.0 Å². The van der Waals surface area contributed by atoms with E-state index in [1.807, 2.05) is 54.9 Å². The van der Waals surface area contributed by atoms with Gasteiger partial charge in [-0.05, 0) is 73.7 Å². The Bertz CT molecular complexity index is 1260. The molecule has 0 bridgehead atoms. The number of ether oxygens (including phenoxy) is 1. The highest BCUT2D eigenvalue weighted by atomic mass is 16.5.